The summed E-state index contributed by atoms with van der Waals surface area (Å²) in [6.07, 6.45) is 3.76. The molecule has 4 heterocycles. The van der Waals surface area contributed by atoms with Crippen molar-refractivity contribution < 1.29 is 17.4 Å². The van der Waals surface area contributed by atoms with Crippen molar-refractivity contribution in [3.8, 4) is 11.3 Å². The van der Waals surface area contributed by atoms with Gasteiger partial charge in [-0.3, -0.25) is 9.36 Å². The Morgan fingerprint density at radius 2 is 1.85 bits per heavy atom. The first-order valence-corrected chi connectivity index (χ1v) is 11.6. The molecule has 9 nitrogen and oxygen atoms in total. The summed E-state index contributed by atoms with van der Waals surface area (Å²) in [5.74, 6) is 0.125. The summed E-state index contributed by atoms with van der Waals surface area (Å²) in [6, 6.07) is 0.140. The van der Waals surface area contributed by atoms with Gasteiger partial charge in [0.1, 0.15) is 16.5 Å². The number of halogens is 3. The Kier molecular flexibility index (Phi) is 6.52. The fraction of sp³-hybridized carbons (Fsp3) is 0.500. The molecule has 13 heteroatoms. The largest absolute Gasteiger partial charge is 0.419 e. The maximum Gasteiger partial charge on any atom is 0.419 e. The molecule has 0 spiro atoms. The van der Waals surface area contributed by atoms with Crippen molar-refractivity contribution in [3.05, 3.63) is 36.5 Å². The summed E-state index contributed by atoms with van der Waals surface area (Å²) in [7, 11) is 0.318. The number of alkyl halides is 3. The minimum Gasteiger partial charge on any atom is -0.351 e. The summed E-state index contributed by atoms with van der Waals surface area (Å²) in [4.78, 5) is 8.71. The molecular formula is C20H25F3N8OS. The highest BCUT2D eigenvalue weighted by molar-refractivity contribution is 7.82. The van der Waals surface area contributed by atoms with E-state index in [9.17, 15) is 17.4 Å². The van der Waals surface area contributed by atoms with Crippen LogP contribution in [0.15, 0.2) is 35.9 Å². The zero-order chi connectivity index (χ0) is 23.8. The van der Waals surface area contributed by atoms with Crippen LogP contribution in [0.5, 0.6) is 0 Å². The predicted molar refractivity (Wildman–Crippen MR) is 116 cm³/mol. The van der Waals surface area contributed by atoms with Crippen LogP contribution < -0.4 is 5.32 Å². The quantitative estimate of drug-likeness (QED) is 0.580. The number of hydrogen-bond acceptors (Lipinski definition) is 6. The molecule has 0 amide bonds. The minimum absolute atomic E-state index is 0.0462. The van der Waals surface area contributed by atoms with Gasteiger partial charge < -0.3 is 5.32 Å². The minimum atomic E-state index is -4.58. The summed E-state index contributed by atoms with van der Waals surface area (Å²) >= 11 is 0. The maximum absolute atomic E-state index is 13.5. The van der Waals surface area contributed by atoms with Crippen LogP contribution in [-0.4, -0.2) is 57.2 Å². The van der Waals surface area contributed by atoms with Crippen molar-refractivity contribution in [2.24, 2.45) is 7.05 Å². The lowest BCUT2D eigenvalue weighted by atomic mass is 10.1. The van der Waals surface area contributed by atoms with Crippen LogP contribution in [-0.2, 0) is 24.2 Å². The Hall–Kier alpha value is -2.80. The molecule has 178 valence electrons. The summed E-state index contributed by atoms with van der Waals surface area (Å²) < 4.78 is 58.3. The van der Waals surface area contributed by atoms with E-state index in [-0.39, 0.29) is 29.3 Å². The standard InChI is InChI=1S/C20H25F3N8OS/c1-13(2)31-12-16(9-26-31)33(32)30-6-4-15(5-7-30)27-19-24-10-17(20(21,22)23)18(28-19)14-8-25-29(3)11-14/h8-13,15H,4-7H2,1-3H3,(H,24,27,28). The number of hydrogen-bond donors (Lipinski definition) is 1. The van der Waals surface area contributed by atoms with E-state index in [1.54, 1.807) is 24.1 Å². The van der Waals surface area contributed by atoms with Gasteiger partial charge in [-0.25, -0.2) is 18.5 Å². The van der Waals surface area contributed by atoms with E-state index in [4.69, 9.17) is 0 Å². The molecule has 3 aromatic heterocycles. The second kappa shape index (κ2) is 9.21. The van der Waals surface area contributed by atoms with Gasteiger partial charge in [0.25, 0.3) is 0 Å². The van der Waals surface area contributed by atoms with E-state index in [0.29, 0.717) is 30.8 Å². The van der Waals surface area contributed by atoms with Crippen molar-refractivity contribution >= 4 is 16.9 Å². The van der Waals surface area contributed by atoms with Crippen molar-refractivity contribution in [3.63, 3.8) is 0 Å². The van der Waals surface area contributed by atoms with Crippen molar-refractivity contribution in [1.29, 1.82) is 0 Å². The fourth-order valence-corrected chi connectivity index (χ4v) is 4.79. The number of aryl methyl sites for hydroxylation is 1. The average Bonchev–Trinajstić information content (AvgIpc) is 3.42. The molecule has 1 unspecified atom stereocenters. The molecule has 0 radical (unpaired) electrons. The van der Waals surface area contributed by atoms with Crippen LogP contribution in [0.2, 0.25) is 0 Å². The van der Waals surface area contributed by atoms with Crippen LogP contribution in [0, 0.1) is 0 Å². The second-order valence-corrected chi connectivity index (χ2v) is 9.69. The maximum atomic E-state index is 13.5. The number of nitrogens with one attached hydrogen (secondary N) is 1. The lowest BCUT2D eigenvalue weighted by Crippen LogP contribution is -2.40. The highest BCUT2D eigenvalue weighted by Crippen LogP contribution is 2.36. The zero-order valence-corrected chi connectivity index (χ0v) is 19.3. The van der Waals surface area contributed by atoms with Gasteiger partial charge in [-0.1, -0.05) is 0 Å². The number of aromatic nitrogens is 6. The van der Waals surface area contributed by atoms with Gasteiger partial charge in [0.05, 0.1) is 23.0 Å². The third kappa shape index (κ3) is 5.24. The van der Waals surface area contributed by atoms with E-state index < -0.39 is 22.7 Å². The van der Waals surface area contributed by atoms with Crippen LogP contribution >= 0.6 is 0 Å². The molecule has 3 aromatic rings. The molecule has 1 aliphatic rings. The van der Waals surface area contributed by atoms with Gasteiger partial charge in [-0.05, 0) is 26.7 Å². The van der Waals surface area contributed by atoms with Crippen molar-refractivity contribution in [2.45, 2.75) is 49.8 Å². The van der Waals surface area contributed by atoms with Crippen molar-refractivity contribution in [1.82, 2.24) is 33.8 Å². The molecule has 1 N–H and O–H groups in total. The molecule has 0 saturated carbocycles. The van der Waals surface area contributed by atoms with Gasteiger partial charge in [-0.2, -0.15) is 23.4 Å². The predicted octanol–water partition coefficient (Wildman–Crippen LogP) is 3.27. The first-order valence-electron chi connectivity index (χ1n) is 10.5. The molecule has 1 aliphatic heterocycles. The molecule has 0 bridgehead atoms. The highest BCUT2D eigenvalue weighted by atomic mass is 32.2. The molecule has 1 saturated heterocycles. The smallest absolute Gasteiger partial charge is 0.351 e. The molecular weight excluding hydrogens is 457 g/mol. The van der Waals surface area contributed by atoms with Crippen LogP contribution in [0.25, 0.3) is 11.3 Å². The number of rotatable bonds is 6. The third-order valence-electron chi connectivity index (χ3n) is 5.40. The van der Waals surface area contributed by atoms with Crippen LogP contribution in [0.3, 0.4) is 0 Å². The normalized spacial score (nSPS) is 16.9. The van der Waals surface area contributed by atoms with Crippen LogP contribution in [0.4, 0.5) is 19.1 Å². The Morgan fingerprint density at radius 3 is 2.42 bits per heavy atom. The Morgan fingerprint density at radius 1 is 1.12 bits per heavy atom. The van der Waals surface area contributed by atoms with E-state index in [1.165, 1.54) is 17.1 Å². The van der Waals surface area contributed by atoms with Gasteiger partial charge in [0, 0.05) is 56.4 Å². The zero-order valence-electron chi connectivity index (χ0n) is 18.5. The summed E-state index contributed by atoms with van der Waals surface area (Å²) in [6.45, 7) is 5.13. The SMILES string of the molecule is CC(C)n1cc(S(=O)N2CCC(Nc3ncc(C(F)(F)F)c(-c4cnn(C)c4)n3)CC2)cn1. The average molecular weight is 483 g/mol. The lowest BCUT2D eigenvalue weighted by Gasteiger charge is -2.31. The third-order valence-corrected chi connectivity index (χ3v) is 6.85. The molecule has 4 rings (SSSR count). The van der Waals surface area contributed by atoms with Gasteiger partial charge in [-0.15, -0.1) is 0 Å². The summed E-state index contributed by atoms with van der Waals surface area (Å²) in [5, 5.41) is 11.3. The number of anilines is 1. The van der Waals surface area contributed by atoms with Gasteiger partial charge in [0.2, 0.25) is 5.95 Å². The van der Waals surface area contributed by atoms with Crippen molar-refractivity contribution in [2.75, 3.05) is 18.4 Å². The molecule has 33 heavy (non-hydrogen) atoms. The van der Waals surface area contributed by atoms with Crippen LogP contribution in [0.1, 0.15) is 38.3 Å². The van der Waals surface area contributed by atoms with E-state index in [1.807, 2.05) is 18.2 Å². The number of nitrogens with zero attached hydrogens (tertiary/aromatic N) is 7. The topological polar surface area (TPSA) is 93.8 Å². The van der Waals surface area contributed by atoms with Gasteiger partial charge >= 0.3 is 6.18 Å². The molecule has 1 fully saturated rings. The van der Waals surface area contributed by atoms with E-state index in [0.717, 1.165) is 6.20 Å². The Labute approximate surface area is 191 Å². The fourth-order valence-electron chi connectivity index (χ4n) is 3.61. The van der Waals surface area contributed by atoms with E-state index in [2.05, 4.69) is 25.5 Å². The highest BCUT2D eigenvalue weighted by Gasteiger charge is 2.36. The van der Waals surface area contributed by atoms with E-state index >= 15 is 0 Å². The summed E-state index contributed by atoms with van der Waals surface area (Å²) in [5.41, 5.74) is -0.857. The lowest BCUT2D eigenvalue weighted by molar-refractivity contribution is -0.137. The number of piperidine rings is 1. The molecule has 0 aromatic carbocycles. The second-order valence-electron chi connectivity index (χ2n) is 8.20. The monoisotopic (exact) mass is 482 g/mol. The first kappa shape index (κ1) is 23.4. The Bertz CT molecular complexity index is 1130. The Balaban J connectivity index is 1.43. The molecule has 1 atom stereocenters. The first-order chi connectivity index (χ1) is 15.6. The molecule has 0 aliphatic carbocycles. The van der Waals surface area contributed by atoms with Gasteiger partial charge in [0.15, 0.2) is 0 Å².